The van der Waals surface area contributed by atoms with Crippen LogP contribution >= 0.6 is 0 Å². The summed E-state index contributed by atoms with van der Waals surface area (Å²) < 4.78 is 59.5. The van der Waals surface area contributed by atoms with Crippen LogP contribution in [0, 0.1) is 5.41 Å². The van der Waals surface area contributed by atoms with Gasteiger partial charge in [0.05, 0.1) is 18.6 Å². The van der Waals surface area contributed by atoms with Crippen LogP contribution in [0.5, 0.6) is 5.75 Å². The van der Waals surface area contributed by atoms with Crippen LogP contribution in [0.1, 0.15) is 25.3 Å². The van der Waals surface area contributed by atoms with Gasteiger partial charge in [0.2, 0.25) is 0 Å². The third kappa shape index (κ3) is 4.49. The molecule has 35 heavy (non-hydrogen) atoms. The molecule has 3 aliphatic rings. The Kier molecular flexibility index (Phi) is 6.21. The maximum absolute atomic E-state index is 13.7. The molecule has 1 spiro atoms. The molecule has 10 heteroatoms. The largest absolute Gasteiger partial charge is 0.491 e. The number of alkyl halides is 2. The van der Waals surface area contributed by atoms with Crippen LogP contribution in [0.15, 0.2) is 48.5 Å². The standard InChI is InChI=1S/C25H29F2N3O4S/c1-2-29-12-13-34-21-9-4-3-8-19(21)18-7-5-6-17(14-18)15-20-22(28-35(32,33)23(26)27)25(10-11-25)16-30(20)24(29)31/h3-9,14,20,22-23,28H,2,10-13,15-16H2,1H3/t20-,22+/m0/s1. The van der Waals surface area contributed by atoms with Crippen LogP contribution in [0.2, 0.25) is 0 Å². The summed E-state index contributed by atoms with van der Waals surface area (Å²) in [6.07, 6.45) is 1.72. The fourth-order valence-electron chi connectivity index (χ4n) is 5.42. The van der Waals surface area contributed by atoms with Crippen LogP contribution in [0.3, 0.4) is 0 Å². The van der Waals surface area contributed by atoms with Crippen molar-refractivity contribution in [2.24, 2.45) is 5.41 Å². The number of likely N-dealkylation sites (N-methyl/N-ethyl adjacent to an activating group) is 1. The minimum absolute atomic E-state index is 0.227. The fraction of sp³-hybridized carbons (Fsp3) is 0.480. The Labute approximate surface area is 204 Å². The number of carbonyl (C=O) groups is 1. The molecule has 0 aromatic heterocycles. The smallest absolute Gasteiger partial charge is 0.350 e. The maximum atomic E-state index is 13.7. The van der Waals surface area contributed by atoms with Gasteiger partial charge in [-0.05, 0) is 43.4 Å². The lowest BCUT2D eigenvalue weighted by Crippen LogP contribution is -2.53. The minimum atomic E-state index is -4.82. The van der Waals surface area contributed by atoms with Crippen LogP contribution in [0.4, 0.5) is 13.6 Å². The highest BCUT2D eigenvalue weighted by Crippen LogP contribution is 2.56. The average molecular weight is 506 g/mol. The zero-order valence-corrected chi connectivity index (χ0v) is 20.3. The van der Waals surface area contributed by atoms with E-state index in [0.717, 1.165) is 16.7 Å². The lowest BCUT2D eigenvalue weighted by molar-refractivity contribution is 0.138. The second kappa shape index (κ2) is 9.05. The monoisotopic (exact) mass is 505 g/mol. The second-order valence-electron chi connectivity index (χ2n) is 9.57. The Morgan fingerprint density at radius 1 is 1.17 bits per heavy atom. The summed E-state index contributed by atoms with van der Waals surface area (Å²) in [5, 5.41) is 0. The molecule has 1 saturated carbocycles. The Morgan fingerprint density at radius 2 is 1.94 bits per heavy atom. The molecule has 2 aliphatic heterocycles. The molecule has 0 radical (unpaired) electrons. The topological polar surface area (TPSA) is 79.0 Å². The van der Waals surface area contributed by atoms with Crippen molar-refractivity contribution in [2.45, 2.75) is 44.0 Å². The van der Waals surface area contributed by atoms with E-state index >= 15 is 0 Å². The third-order valence-electron chi connectivity index (χ3n) is 7.43. The molecule has 188 valence electrons. The van der Waals surface area contributed by atoms with Crippen LogP contribution in [-0.2, 0) is 16.4 Å². The van der Waals surface area contributed by atoms with Gasteiger partial charge in [-0.25, -0.2) is 17.9 Å². The van der Waals surface area contributed by atoms with E-state index in [1.807, 2.05) is 55.5 Å². The summed E-state index contributed by atoms with van der Waals surface area (Å²) in [4.78, 5) is 17.0. The summed E-state index contributed by atoms with van der Waals surface area (Å²) in [5.74, 6) is -2.81. The first-order valence-corrected chi connectivity index (χ1v) is 13.4. The fourth-order valence-corrected chi connectivity index (χ4v) is 6.28. The summed E-state index contributed by atoms with van der Waals surface area (Å²) in [6.45, 7) is 3.31. The molecule has 2 fully saturated rings. The van der Waals surface area contributed by atoms with E-state index in [1.165, 1.54) is 0 Å². The number of nitrogens with one attached hydrogen (secondary N) is 1. The SMILES string of the molecule is CCN1CCOc2ccccc2-c2cccc(c2)C[C@H]2[C@@H](NS(=O)(=O)C(F)F)C3(CC3)CN2C1=O. The molecule has 5 rings (SSSR count). The van der Waals surface area contributed by atoms with Gasteiger partial charge in [0.15, 0.2) is 0 Å². The molecule has 7 nitrogen and oxygen atoms in total. The molecule has 2 atom stereocenters. The lowest BCUT2D eigenvalue weighted by Gasteiger charge is -2.33. The molecule has 2 bridgehead atoms. The number of sulfonamides is 1. The van der Waals surface area contributed by atoms with E-state index in [0.29, 0.717) is 51.3 Å². The van der Waals surface area contributed by atoms with Gasteiger partial charge in [-0.15, -0.1) is 0 Å². The molecular weight excluding hydrogens is 476 g/mol. The molecule has 2 amide bonds. The summed E-state index contributed by atoms with van der Waals surface area (Å²) in [5.41, 5.74) is 2.23. The summed E-state index contributed by atoms with van der Waals surface area (Å²) >= 11 is 0. The minimum Gasteiger partial charge on any atom is -0.491 e. The Bertz CT molecular complexity index is 1220. The van der Waals surface area contributed by atoms with E-state index in [1.54, 1.807) is 9.80 Å². The number of nitrogens with zero attached hydrogens (tertiary/aromatic N) is 2. The van der Waals surface area contributed by atoms with Gasteiger partial charge in [0.1, 0.15) is 12.4 Å². The van der Waals surface area contributed by atoms with E-state index in [4.69, 9.17) is 4.74 Å². The van der Waals surface area contributed by atoms with Crippen molar-refractivity contribution in [3.63, 3.8) is 0 Å². The van der Waals surface area contributed by atoms with Gasteiger partial charge in [0, 0.05) is 24.1 Å². The number of urea groups is 1. The Hall–Kier alpha value is -2.72. The van der Waals surface area contributed by atoms with Gasteiger partial charge < -0.3 is 14.5 Å². The molecule has 0 unspecified atom stereocenters. The highest BCUT2D eigenvalue weighted by molar-refractivity contribution is 7.89. The maximum Gasteiger partial charge on any atom is 0.350 e. The van der Waals surface area contributed by atoms with Crippen molar-refractivity contribution in [1.29, 1.82) is 0 Å². The van der Waals surface area contributed by atoms with Gasteiger partial charge in [-0.1, -0.05) is 42.5 Å². The predicted octanol–water partition coefficient (Wildman–Crippen LogP) is 3.71. The first-order valence-electron chi connectivity index (χ1n) is 11.9. The second-order valence-corrected chi connectivity index (χ2v) is 11.3. The zero-order valence-electron chi connectivity index (χ0n) is 19.5. The Morgan fingerprint density at radius 3 is 2.66 bits per heavy atom. The van der Waals surface area contributed by atoms with Crippen molar-refractivity contribution in [3.8, 4) is 16.9 Å². The van der Waals surface area contributed by atoms with Gasteiger partial charge in [0.25, 0.3) is 10.0 Å². The number of ether oxygens (including phenoxy) is 1. The first kappa shape index (κ1) is 24.0. The molecule has 1 N–H and O–H groups in total. The number of carbonyl (C=O) groups excluding carboxylic acids is 1. The van der Waals surface area contributed by atoms with Crippen LogP contribution in [0.25, 0.3) is 11.1 Å². The van der Waals surface area contributed by atoms with E-state index in [2.05, 4.69) is 4.72 Å². The zero-order chi connectivity index (χ0) is 24.8. The number of hydrogen-bond donors (Lipinski definition) is 1. The van der Waals surface area contributed by atoms with E-state index in [-0.39, 0.29) is 6.03 Å². The normalized spacial score (nSPS) is 23.7. The van der Waals surface area contributed by atoms with Crippen LogP contribution in [-0.4, -0.2) is 68.3 Å². The molecular formula is C25H29F2N3O4S. The molecule has 1 saturated heterocycles. The Balaban J connectivity index is 1.58. The lowest BCUT2D eigenvalue weighted by atomic mass is 9.91. The molecule has 2 aromatic rings. The number of halogens is 2. The van der Waals surface area contributed by atoms with E-state index in [9.17, 15) is 22.0 Å². The number of amides is 2. The molecule has 2 aromatic carbocycles. The highest BCUT2D eigenvalue weighted by atomic mass is 32.2. The van der Waals surface area contributed by atoms with Crippen molar-refractivity contribution in [2.75, 3.05) is 26.2 Å². The van der Waals surface area contributed by atoms with Gasteiger partial charge in [-0.3, -0.25) is 0 Å². The average Bonchev–Trinajstić information content (AvgIpc) is 3.57. The van der Waals surface area contributed by atoms with Crippen molar-refractivity contribution in [1.82, 2.24) is 14.5 Å². The first-order chi connectivity index (χ1) is 16.7. The van der Waals surface area contributed by atoms with Gasteiger partial charge >= 0.3 is 11.8 Å². The van der Waals surface area contributed by atoms with Crippen molar-refractivity contribution in [3.05, 3.63) is 54.1 Å². The van der Waals surface area contributed by atoms with E-state index < -0.39 is 33.3 Å². The quantitative estimate of drug-likeness (QED) is 0.687. The summed E-state index contributed by atoms with van der Waals surface area (Å²) in [6, 6.07) is 13.9. The number of benzene rings is 2. The number of fused-ring (bicyclic) bond motifs is 5. The third-order valence-corrected chi connectivity index (χ3v) is 8.49. The number of para-hydroxylation sites is 1. The predicted molar refractivity (Wildman–Crippen MR) is 128 cm³/mol. The number of rotatable bonds is 4. The number of hydrogen-bond acceptors (Lipinski definition) is 4. The highest BCUT2D eigenvalue weighted by Gasteiger charge is 2.62. The molecule has 2 heterocycles. The van der Waals surface area contributed by atoms with Gasteiger partial charge in [-0.2, -0.15) is 8.78 Å². The van der Waals surface area contributed by atoms with Crippen LogP contribution < -0.4 is 9.46 Å². The summed E-state index contributed by atoms with van der Waals surface area (Å²) in [7, 11) is -4.82. The molecule has 1 aliphatic carbocycles. The van der Waals surface area contributed by atoms with Crippen molar-refractivity contribution >= 4 is 16.1 Å². The van der Waals surface area contributed by atoms with Crippen molar-refractivity contribution < 1.29 is 26.7 Å².